The Labute approximate surface area is 73.4 Å². The van der Waals surface area contributed by atoms with Gasteiger partial charge in [-0.3, -0.25) is 4.79 Å². The first-order valence-corrected chi connectivity index (χ1v) is 3.51. The third-order valence-corrected chi connectivity index (χ3v) is 1.45. The SMILES string of the molecule is COC(=O)Cc1ccc(F)nc1F. The van der Waals surface area contributed by atoms with Crippen molar-refractivity contribution in [2.45, 2.75) is 6.42 Å². The molecule has 1 rings (SSSR count). The summed E-state index contributed by atoms with van der Waals surface area (Å²) in [5, 5.41) is 0. The molecule has 1 heterocycles. The van der Waals surface area contributed by atoms with Gasteiger partial charge in [-0.2, -0.15) is 13.8 Å². The first kappa shape index (κ1) is 9.57. The summed E-state index contributed by atoms with van der Waals surface area (Å²) in [6.07, 6.45) is -0.240. The molecule has 0 aliphatic carbocycles. The smallest absolute Gasteiger partial charge is 0.310 e. The second kappa shape index (κ2) is 3.93. The van der Waals surface area contributed by atoms with Gasteiger partial charge in [0.15, 0.2) is 0 Å². The Kier molecular flexibility index (Phi) is 2.89. The molecule has 3 nitrogen and oxygen atoms in total. The highest BCUT2D eigenvalue weighted by Crippen LogP contribution is 2.06. The number of hydrogen-bond donors (Lipinski definition) is 0. The van der Waals surface area contributed by atoms with Crippen molar-refractivity contribution in [1.29, 1.82) is 0 Å². The Hall–Kier alpha value is -1.52. The lowest BCUT2D eigenvalue weighted by Crippen LogP contribution is -2.07. The monoisotopic (exact) mass is 187 g/mol. The molecular weight excluding hydrogens is 180 g/mol. The molecule has 0 bridgehead atoms. The van der Waals surface area contributed by atoms with Crippen LogP contribution in [0.4, 0.5) is 8.78 Å². The van der Waals surface area contributed by atoms with E-state index >= 15 is 0 Å². The lowest BCUT2D eigenvalue weighted by molar-refractivity contribution is -0.139. The normalized spacial score (nSPS) is 9.77. The van der Waals surface area contributed by atoms with Gasteiger partial charge in [-0.1, -0.05) is 0 Å². The van der Waals surface area contributed by atoms with Crippen molar-refractivity contribution in [1.82, 2.24) is 4.98 Å². The Morgan fingerprint density at radius 2 is 2.23 bits per heavy atom. The van der Waals surface area contributed by atoms with Gasteiger partial charge in [0.2, 0.25) is 11.9 Å². The molecule has 5 heteroatoms. The summed E-state index contributed by atoms with van der Waals surface area (Å²) in [5.41, 5.74) is 0.0215. The van der Waals surface area contributed by atoms with Gasteiger partial charge in [-0.25, -0.2) is 0 Å². The summed E-state index contributed by atoms with van der Waals surface area (Å²) in [6.45, 7) is 0. The van der Waals surface area contributed by atoms with Gasteiger partial charge in [-0.05, 0) is 12.1 Å². The largest absolute Gasteiger partial charge is 0.469 e. The van der Waals surface area contributed by atoms with Crippen LogP contribution in [0.15, 0.2) is 12.1 Å². The molecule has 0 aliphatic heterocycles. The first-order chi connectivity index (χ1) is 6.13. The molecule has 1 aromatic rings. The van der Waals surface area contributed by atoms with Crippen LogP contribution in [0.2, 0.25) is 0 Å². The third-order valence-electron chi connectivity index (χ3n) is 1.45. The lowest BCUT2D eigenvalue weighted by Gasteiger charge is -2.00. The molecule has 0 N–H and O–H groups in total. The van der Waals surface area contributed by atoms with E-state index in [4.69, 9.17) is 0 Å². The topological polar surface area (TPSA) is 39.2 Å². The summed E-state index contributed by atoms with van der Waals surface area (Å²) in [6, 6.07) is 2.15. The van der Waals surface area contributed by atoms with E-state index in [2.05, 4.69) is 9.72 Å². The molecule has 0 spiro atoms. The number of halogens is 2. The average molecular weight is 187 g/mol. The molecule has 1 aromatic heterocycles. The van der Waals surface area contributed by atoms with Crippen LogP contribution >= 0.6 is 0 Å². The molecule has 0 saturated heterocycles. The zero-order chi connectivity index (χ0) is 9.84. The molecule has 0 amide bonds. The Morgan fingerprint density at radius 3 is 2.77 bits per heavy atom. The van der Waals surface area contributed by atoms with Crippen LogP contribution in [0, 0.1) is 11.9 Å². The number of esters is 1. The predicted molar refractivity (Wildman–Crippen MR) is 39.9 cm³/mol. The third kappa shape index (κ3) is 2.47. The van der Waals surface area contributed by atoms with Crippen LogP contribution in [0.1, 0.15) is 5.56 Å². The highest BCUT2D eigenvalue weighted by atomic mass is 19.1. The van der Waals surface area contributed by atoms with E-state index in [9.17, 15) is 13.6 Å². The van der Waals surface area contributed by atoms with Crippen molar-refractivity contribution in [2.24, 2.45) is 0 Å². The minimum atomic E-state index is -0.981. The number of ether oxygens (including phenoxy) is 1. The van der Waals surface area contributed by atoms with Gasteiger partial charge >= 0.3 is 5.97 Å². The zero-order valence-electron chi connectivity index (χ0n) is 6.88. The van der Waals surface area contributed by atoms with Crippen LogP contribution in [0.5, 0.6) is 0 Å². The van der Waals surface area contributed by atoms with Crippen molar-refractivity contribution in [2.75, 3.05) is 7.11 Å². The van der Waals surface area contributed by atoms with Gasteiger partial charge in [0, 0.05) is 5.56 Å². The molecule has 0 atom stereocenters. The lowest BCUT2D eigenvalue weighted by atomic mass is 10.2. The Balaban J connectivity index is 2.83. The van der Waals surface area contributed by atoms with E-state index in [1.165, 1.54) is 7.11 Å². The number of carbonyl (C=O) groups is 1. The first-order valence-electron chi connectivity index (χ1n) is 3.51. The molecule has 0 unspecified atom stereocenters. The van der Waals surface area contributed by atoms with Gasteiger partial charge in [0.25, 0.3) is 0 Å². The van der Waals surface area contributed by atoms with Crippen molar-refractivity contribution < 1.29 is 18.3 Å². The Bertz CT molecular complexity index is 328. The van der Waals surface area contributed by atoms with E-state index in [-0.39, 0.29) is 12.0 Å². The van der Waals surface area contributed by atoms with Crippen molar-refractivity contribution in [3.63, 3.8) is 0 Å². The summed E-state index contributed by atoms with van der Waals surface area (Å²) in [5.74, 6) is -2.48. The van der Waals surface area contributed by atoms with E-state index in [0.717, 1.165) is 12.1 Å². The molecule has 0 radical (unpaired) electrons. The van der Waals surface area contributed by atoms with Crippen LogP contribution < -0.4 is 0 Å². The quantitative estimate of drug-likeness (QED) is 0.513. The molecule has 0 aliphatic rings. The van der Waals surface area contributed by atoms with E-state index < -0.39 is 17.9 Å². The predicted octanol–water partition coefficient (Wildman–Crippen LogP) is 1.08. The number of nitrogens with zero attached hydrogens (tertiary/aromatic N) is 1. The van der Waals surface area contributed by atoms with E-state index in [0.29, 0.717) is 0 Å². The summed E-state index contributed by atoms with van der Waals surface area (Å²) < 4.78 is 29.4. The number of aromatic nitrogens is 1. The van der Waals surface area contributed by atoms with Crippen molar-refractivity contribution >= 4 is 5.97 Å². The molecule has 0 saturated carbocycles. The fourth-order valence-electron chi connectivity index (χ4n) is 0.800. The van der Waals surface area contributed by atoms with Gasteiger partial charge < -0.3 is 4.74 Å². The number of carbonyl (C=O) groups excluding carboxylic acids is 1. The maximum absolute atomic E-state index is 12.8. The zero-order valence-corrected chi connectivity index (χ0v) is 6.88. The molecule has 0 aromatic carbocycles. The number of hydrogen-bond acceptors (Lipinski definition) is 3. The Morgan fingerprint density at radius 1 is 1.54 bits per heavy atom. The fourth-order valence-corrected chi connectivity index (χ4v) is 0.800. The summed E-state index contributed by atoms with van der Waals surface area (Å²) >= 11 is 0. The van der Waals surface area contributed by atoms with E-state index in [1.807, 2.05) is 0 Å². The van der Waals surface area contributed by atoms with Crippen LogP contribution in [0.25, 0.3) is 0 Å². The van der Waals surface area contributed by atoms with E-state index in [1.54, 1.807) is 0 Å². The van der Waals surface area contributed by atoms with Crippen LogP contribution in [-0.4, -0.2) is 18.1 Å². The van der Waals surface area contributed by atoms with Crippen molar-refractivity contribution in [3.05, 3.63) is 29.6 Å². The minimum Gasteiger partial charge on any atom is -0.469 e. The number of pyridine rings is 1. The molecule has 70 valence electrons. The highest BCUT2D eigenvalue weighted by Gasteiger charge is 2.09. The standard InChI is InChI=1S/C8H7F2NO2/c1-13-7(12)4-5-2-3-6(9)11-8(5)10/h2-3H,4H2,1H3. The molecule has 13 heavy (non-hydrogen) atoms. The summed E-state index contributed by atoms with van der Waals surface area (Å²) in [7, 11) is 1.19. The second-order valence-electron chi connectivity index (χ2n) is 2.34. The maximum Gasteiger partial charge on any atom is 0.310 e. The molecule has 0 fully saturated rings. The minimum absolute atomic E-state index is 0.0215. The van der Waals surface area contributed by atoms with Gasteiger partial charge in [0.1, 0.15) is 0 Å². The van der Waals surface area contributed by atoms with Gasteiger partial charge in [0.05, 0.1) is 13.5 Å². The van der Waals surface area contributed by atoms with Crippen LogP contribution in [-0.2, 0) is 16.0 Å². The number of methoxy groups -OCH3 is 1. The van der Waals surface area contributed by atoms with Crippen molar-refractivity contribution in [3.8, 4) is 0 Å². The van der Waals surface area contributed by atoms with Gasteiger partial charge in [-0.15, -0.1) is 0 Å². The average Bonchev–Trinajstić information content (AvgIpc) is 2.09. The summed E-state index contributed by atoms with van der Waals surface area (Å²) in [4.78, 5) is 13.6. The number of rotatable bonds is 2. The highest BCUT2D eigenvalue weighted by molar-refractivity contribution is 5.72. The fraction of sp³-hybridized carbons (Fsp3) is 0.250. The molecular formula is C8H7F2NO2. The second-order valence-corrected chi connectivity index (χ2v) is 2.34. The van der Waals surface area contributed by atoms with Crippen LogP contribution in [0.3, 0.4) is 0 Å². The maximum atomic E-state index is 12.8.